The van der Waals surface area contributed by atoms with Crippen LogP contribution >= 0.6 is 39.3 Å². The lowest BCUT2D eigenvalue weighted by Crippen LogP contribution is -1.91. The second-order valence-electron chi connectivity index (χ2n) is 3.54. The van der Waals surface area contributed by atoms with Gasteiger partial charge in [0.2, 0.25) is 0 Å². The molecule has 0 aliphatic carbocycles. The van der Waals surface area contributed by atoms with Crippen molar-refractivity contribution in [2.24, 2.45) is 0 Å². The third-order valence-electron chi connectivity index (χ3n) is 2.33. The van der Waals surface area contributed by atoms with Crippen LogP contribution in [-0.4, -0.2) is 12.1 Å². The van der Waals surface area contributed by atoms with Gasteiger partial charge in [0.05, 0.1) is 12.1 Å². The van der Waals surface area contributed by atoms with Gasteiger partial charge in [0, 0.05) is 22.0 Å². The number of ether oxygens (including phenoxy) is 1. The zero-order chi connectivity index (χ0) is 13.0. The molecule has 0 aliphatic rings. The molecule has 0 spiro atoms. The molecule has 94 valence electrons. The molecule has 2 rings (SSSR count). The topological polar surface area (TPSA) is 22.1 Å². The van der Waals surface area contributed by atoms with Crippen molar-refractivity contribution in [2.75, 3.05) is 7.11 Å². The minimum absolute atomic E-state index is 0.677. The number of pyridine rings is 1. The summed E-state index contributed by atoms with van der Waals surface area (Å²) in [6.45, 7) is 0. The largest absolute Gasteiger partial charge is 0.496 e. The number of hydrogen-bond donors (Lipinski definition) is 0. The van der Waals surface area contributed by atoms with Crippen molar-refractivity contribution >= 4 is 39.3 Å². The smallest absolute Gasteiger partial charge is 0.122 e. The summed E-state index contributed by atoms with van der Waals surface area (Å²) in [4.78, 5) is 4.25. The van der Waals surface area contributed by atoms with E-state index in [9.17, 15) is 0 Å². The van der Waals surface area contributed by atoms with Crippen LogP contribution in [0.25, 0.3) is 0 Å². The Morgan fingerprint density at radius 2 is 2.22 bits per heavy atom. The summed E-state index contributed by atoms with van der Waals surface area (Å²) in [6.07, 6.45) is 1.74. The van der Waals surface area contributed by atoms with Crippen LogP contribution in [0.5, 0.6) is 5.75 Å². The summed E-state index contributed by atoms with van der Waals surface area (Å²) in [5.41, 5.74) is 1.11. The number of nitrogens with zero attached hydrogens (tertiary/aromatic N) is 1. The Hall–Kier alpha value is -0.710. The average Bonchev–Trinajstić information content (AvgIpc) is 2.38. The molecule has 0 fully saturated rings. The van der Waals surface area contributed by atoms with Crippen LogP contribution in [0, 0.1) is 0 Å². The number of halogens is 2. The minimum Gasteiger partial charge on any atom is -0.496 e. The van der Waals surface area contributed by atoms with E-state index in [0.29, 0.717) is 5.02 Å². The summed E-state index contributed by atoms with van der Waals surface area (Å²) in [7, 11) is 1.67. The van der Waals surface area contributed by atoms with Crippen molar-refractivity contribution in [2.45, 2.75) is 10.8 Å². The minimum atomic E-state index is 0.677. The third-order valence-corrected chi connectivity index (χ3v) is 4.30. The zero-order valence-corrected chi connectivity index (χ0v) is 12.8. The van der Waals surface area contributed by atoms with Crippen molar-refractivity contribution in [3.8, 4) is 5.75 Å². The first-order chi connectivity index (χ1) is 8.70. The number of rotatable bonds is 4. The molecule has 1 aromatic carbocycles. The van der Waals surface area contributed by atoms with Gasteiger partial charge >= 0.3 is 0 Å². The molecule has 5 heteroatoms. The molecule has 0 atom stereocenters. The van der Waals surface area contributed by atoms with Gasteiger partial charge in [-0.25, -0.2) is 4.98 Å². The molecule has 0 unspecified atom stereocenters. The van der Waals surface area contributed by atoms with Crippen molar-refractivity contribution in [1.82, 2.24) is 4.98 Å². The van der Waals surface area contributed by atoms with E-state index in [2.05, 4.69) is 20.9 Å². The highest BCUT2D eigenvalue weighted by Gasteiger charge is 2.07. The highest BCUT2D eigenvalue weighted by molar-refractivity contribution is 9.10. The maximum absolute atomic E-state index is 6.07. The fraction of sp³-hybridized carbons (Fsp3) is 0.154. The first-order valence-corrected chi connectivity index (χ1v) is 7.42. The van der Waals surface area contributed by atoms with E-state index in [0.717, 1.165) is 26.6 Å². The Kier molecular flexibility index (Phi) is 4.92. The maximum Gasteiger partial charge on any atom is 0.122 e. The van der Waals surface area contributed by atoms with E-state index in [1.807, 2.05) is 30.3 Å². The summed E-state index contributed by atoms with van der Waals surface area (Å²) in [6, 6.07) is 9.62. The Morgan fingerprint density at radius 1 is 1.39 bits per heavy atom. The lowest BCUT2D eigenvalue weighted by molar-refractivity contribution is 0.411. The fourth-order valence-electron chi connectivity index (χ4n) is 1.48. The van der Waals surface area contributed by atoms with E-state index < -0.39 is 0 Å². The van der Waals surface area contributed by atoms with Gasteiger partial charge in [-0.05, 0) is 30.3 Å². The van der Waals surface area contributed by atoms with Crippen LogP contribution in [0.1, 0.15) is 5.56 Å². The van der Waals surface area contributed by atoms with Gasteiger partial charge in [0.1, 0.15) is 10.8 Å². The summed E-state index contributed by atoms with van der Waals surface area (Å²) >= 11 is 11.1. The highest BCUT2D eigenvalue weighted by atomic mass is 79.9. The Balaban J connectivity index is 2.15. The molecular weight excluding hydrogens is 334 g/mol. The number of aromatic nitrogens is 1. The van der Waals surface area contributed by atoms with Crippen LogP contribution in [0.2, 0.25) is 5.02 Å². The second-order valence-corrected chi connectivity index (χ2v) is 5.82. The molecule has 0 saturated carbocycles. The van der Waals surface area contributed by atoms with Crippen molar-refractivity contribution in [3.05, 3.63) is 51.6 Å². The predicted molar refractivity (Wildman–Crippen MR) is 79.5 cm³/mol. The average molecular weight is 345 g/mol. The van der Waals surface area contributed by atoms with Gasteiger partial charge in [0.25, 0.3) is 0 Å². The molecule has 1 aromatic heterocycles. The number of hydrogen-bond acceptors (Lipinski definition) is 3. The molecule has 0 bridgehead atoms. The molecule has 18 heavy (non-hydrogen) atoms. The number of benzene rings is 1. The van der Waals surface area contributed by atoms with Crippen LogP contribution in [0.4, 0.5) is 0 Å². The standard InChI is InChI=1S/C13H11BrClNOS/c1-17-12-5-4-10(14)7-9(12)8-18-13-11(15)3-2-6-16-13/h2-7H,8H2,1H3. The van der Waals surface area contributed by atoms with Crippen LogP contribution in [-0.2, 0) is 5.75 Å². The first-order valence-electron chi connectivity index (χ1n) is 5.26. The fourth-order valence-corrected chi connectivity index (χ4v) is 3.04. The van der Waals surface area contributed by atoms with Gasteiger partial charge in [-0.3, -0.25) is 0 Å². The molecule has 0 radical (unpaired) electrons. The van der Waals surface area contributed by atoms with Crippen LogP contribution in [0.3, 0.4) is 0 Å². The van der Waals surface area contributed by atoms with Gasteiger partial charge in [0.15, 0.2) is 0 Å². The van der Waals surface area contributed by atoms with E-state index in [1.165, 1.54) is 0 Å². The van der Waals surface area contributed by atoms with Crippen molar-refractivity contribution in [1.29, 1.82) is 0 Å². The molecular formula is C13H11BrClNOS. The Morgan fingerprint density at radius 3 is 2.94 bits per heavy atom. The zero-order valence-electron chi connectivity index (χ0n) is 9.69. The third kappa shape index (κ3) is 3.40. The Labute approximate surface area is 124 Å². The predicted octanol–water partition coefficient (Wildman–Crippen LogP) is 4.80. The SMILES string of the molecule is COc1ccc(Br)cc1CSc1ncccc1Cl. The molecule has 0 amide bonds. The first kappa shape index (κ1) is 13.7. The Bertz CT molecular complexity index is 550. The van der Waals surface area contributed by atoms with Gasteiger partial charge in [-0.15, -0.1) is 11.8 Å². The second kappa shape index (κ2) is 6.45. The molecule has 1 heterocycles. The van der Waals surface area contributed by atoms with Crippen LogP contribution in [0.15, 0.2) is 46.0 Å². The van der Waals surface area contributed by atoms with E-state index in [4.69, 9.17) is 16.3 Å². The molecule has 2 nitrogen and oxygen atoms in total. The van der Waals surface area contributed by atoms with Crippen LogP contribution < -0.4 is 4.74 Å². The van der Waals surface area contributed by atoms with Gasteiger partial charge < -0.3 is 4.74 Å². The van der Waals surface area contributed by atoms with Crippen molar-refractivity contribution in [3.63, 3.8) is 0 Å². The van der Waals surface area contributed by atoms with Gasteiger partial charge in [-0.2, -0.15) is 0 Å². The summed E-state index contributed by atoms with van der Waals surface area (Å²) in [5, 5.41) is 1.51. The highest BCUT2D eigenvalue weighted by Crippen LogP contribution is 2.32. The molecule has 0 N–H and O–H groups in total. The lowest BCUT2D eigenvalue weighted by atomic mass is 10.2. The normalized spacial score (nSPS) is 10.4. The molecule has 2 aromatic rings. The van der Waals surface area contributed by atoms with Gasteiger partial charge in [-0.1, -0.05) is 27.5 Å². The van der Waals surface area contributed by atoms with E-state index in [-0.39, 0.29) is 0 Å². The monoisotopic (exact) mass is 343 g/mol. The molecule has 0 saturated heterocycles. The quantitative estimate of drug-likeness (QED) is 0.744. The summed E-state index contributed by atoms with van der Waals surface area (Å²) < 4.78 is 6.36. The maximum atomic E-state index is 6.07. The molecule has 0 aliphatic heterocycles. The number of thioether (sulfide) groups is 1. The van der Waals surface area contributed by atoms with E-state index >= 15 is 0 Å². The number of methoxy groups -OCH3 is 1. The lowest BCUT2D eigenvalue weighted by Gasteiger charge is -2.09. The van der Waals surface area contributed by atoms with Crippen molar-refractivity contribution < 1.29 is 4.74 Å². The summed E-state index contributed by atoms with van der Waals surface area (Å²) in [5.74, 6) is 1.64. The van der Waals surface area contributed by atoms with E-state index in [1.54, 1.807) is 25.1 Å².